The Morgan fingerprint density at radius 3 is 2.18 bits per heavy atom. The molecule has 0 fully saturated rings. The maximum atomic E-state index is 12.3. The Bertz CT molecular complexity index is 577. The Morgan fingerprint density at radius 2 is 1.59 bits per heavy atom. The minimum absolute atomic E-state index is 0.0429. The van der Waals surface area contributed by atoms with Crippen molar-refractivity contribution in [1.29, 1.82) is 0 Å². The van der Waals surface area contributed by atoms with Crippen LogP contribution in [0.4, 0.5) is 0 Å². The molecule has 0 aliphatic carbocycles. The maximum Gasteiger partial charge on any atom is 0.228 e. The van der Waals surface area contributed by atoms with E-state index in [4.69, 9.17) is 4.42 Å². The van der Waals surface area contributed by atoms with Crippen molar-refractivity contribution in [3.05, 3.63) is 58.0 Å². The summed E-state index contributed by atoms with van der Waals surface area (Å²) in [7, 11) is 0. The van der Waals surface area contributed by atoms with Gasteiger partial charge in [-0.15, -0.1) is 0 Å². The van der Waals surface area contributed by atoms with E-state index in [1.54, 1.807) is 6.07 Å². The highest BCUT2D eigenvalue weighted by atomic mass is 16.3. The highest BCUT2D eigenvalue weighted by molar-refractivity contribution is 6.08. The van der Waals surface area contributed by atoms with Gasteiger partial charge in [-0.2, -0.15) is 0 Å². The van der Waals surface area contributed by atoms with Gasteiger partial charge in [0.25, 0.3) is 0 Å². The number of hydrogen-bond acceptors (Lipinski definition) is 2. The van der Waals surface area contributed by atoms with Crippen LogP contribution in [0.25, 0.3) is 0 Å². The van der Waals surface area contributed by atoms with Gasteiger partial charge in [-0.3, -0.25) is 4.79 Å². The molecule has 1 heterocycles. The minimum atomic E-state index is -0.0429. The lowest BCUT2D eigenvalue weighted by atomic mass is 9.97. The smallest absolute Gasteiger partial charge is 0.228 e. The Balaban J connectivity index is 2.47. The summed E-state index contributed by atoms with van der Waals surface area (Å²) < 4.78 is 5.38. The predicted octanol–water partition coefficient (Wildman–Crippen LogP) is 3.74. The first-order chi connectivity index (χ1) is 7.99. The van der Waals surface area contributed by atoms with Gasteiger partial charge in [0, 0.05) is 5.56 Å². The zero-order chi connectivity index (χ0) is 12.6. The molecule has 0 saturated heterocycles. The lowest BCUT2D eigenvalue weighted by molar-refractivity contribution is 0.101. The summed E-state index contributed by atoms with van der Waals surface area (Å²) in [5, 5.41) is 0. The van der Waals surface area contributed by atoms with E-state index in [0.29, 0.717) is 5.76 Å². The van der Waals surface area contributed by atoms with Crippen LogP contribution < -0.4 is 0 Å². The zero-order valence-electron chi connectivity index (χ0n) is 10.6. The van der Waals surface area contributed by atoms with Crippen molar-refractivity contribution in [3.63, 3.8) is 0 Å². The lowest BCUT2D eigenvalue weighted by Crippen LogP contribution is -2.03. The molecule has 2 rings (SSSR count). The molecule has 0 atom stereocenters. The van der Waals surface area contributed by atoms with Crippen LogP contribution in [0.3, 0.4) is 0 Å². The monoisotopic (exact) mass is 228 g/mol. The summed E-state index contributed by atoms with van der Waals surface area (Å²) in [6.07, 6.45) is 0. The summed E-state index contributed by atoms with van der Waals surface area (Å²) in [4.78, 5) is 12.3. The van der Waals surface area contributed by atoms with E-state index in [1.165, 1.54) is 5.56 Å². The molecule has 0 amide bonds. The minimum Gasteiger partial charge on any atom is -0.458 e. The van der Waals surface area contributed by atoms with Gasteiger partial charge in [-0.1, -0.05) is 6.07 Å². The molecule has 0 spiro atoms. The number of carbonyl (C=O) groups excluding carboxylic acids is 1. The molecule has 2 heteroatoms. The highest BCUT2D eigenvalue weighted by Crippen LogP contribution is 2.19. The van der Waals surface area contributed by atoms with Crippen LogP contribution in [0, 0.1) is 27.7 Å². The van der Waals surface area contributed by atoms with E-state index in [-0.39, 0.29) is 5.78 Å². The van der Waals surface area contributed by atoms with Crippen LogP contribution in [-0.4, -0.2) is 5.78 Å². The molecule has 2 aromatic rings. The Hall–Kier alpha value is -1.83. The first kappa shape index (κ1) is 11.6. The van der Waals surface area contributed by atoms with Crippen LogP contribution in [0.15, 0.2) is 28.7 Å². The van der Waals surface area contributed by atoms with Crippen molar-refractivity contribution in [1.82, 2.24) is 0 Å². The van der Waals surface area contributed by atoms with E-state index >= 15 is 0 Å². The molecule has 0 N–H and O–H groups in total. The summed E-state index contributed by atoms with van der Waals surface area (Å²) in [6, 6.07) is 7.51. The van der Waals surface area contributed by atoms with E-state index in [2.05, 4.69) is 0 Å². The Morgan fingerprint density at radius 1 is 0.941 bits per heavy atom. The van der Waals surface area contributed by atoms with E-state index in [1.807, 2.05) is 45.9 Å². The molecule has 2 nitrogen and oxygen atoms in total. The normalized spacial score (nSPS) is 10.6. The number of rotatable bonds is 2. The third-order valence-electron chi connectivity index (χ3n) is 3.05. The van der Waals surface area contributed by atoms with Crippen molar-refractivity contribution in [2.24, 2.45) is 0 Å². The molecule has 0 aliphatic rings. The first-order valence-corrected chi connectivity index (χ1v) is 5.68. The van der Waals surface area contributed by atoms with Crippen molar-refractivity contribution in [3.8, 4) is 0 Å². The highest BCUT2D eigenvalue weighted by Gasteiger charge is 2.15. The fourth-order valence-electron chi connectivity index (χ4n) is 1.89. The topological polar surface area (TPSA) is 30.2 Å². The van der Waals surface area contributed by atoms with Gasteiger partial charge in [0.15, 0.2) is 5.76 Å². The lowest BCUT2D eigenvalue weighted by Gasteiger charge is -2.07. The van der Waals surface area contributed by atoms with E-state index < -0.39 is 0 Å². The quantitative estimate of drug-likeness (QED) is 0.733. The van der Waals surface area contributed by atoms with Gasteiger partial charge in [0.2, 0.25) is 5.78 Å². The number of benzene rings is 1. The fourth-order valence-corrected chi connectivity index (χ4v) is 1.89. The molecule has 17 heavy (non-hydrogen) atoms. The van der Waals surface area contributed by atoms with Crippen LogP contribution in [-0.2, 0) is 0 Å². The van der Waals surface area contributed by atoms with Gasteiger partial charge in [0.05, 0.1) is 0 Å². The number of ketones is 1. The average Bonchev–Trinajstić information content (AvgIpc) is 2.69. The molecule has 0 bridgehead atoms. The van der Waals surface area contributed by atoms with Gasteiger partial charge in [-0.25, -0.2) is 0 Å². The number of aryl methyl sites for hydroxylation is 4. The third-order valence-corrected chi connectivity index (χ3v) is 3.05. The van der Waals surface area contributed by atoms with Gasteiger partial charge < -0.3 is 4.42 Å². The second-order valence-corrected chi connectivity index (χ2v) is 4.49. The molecular formula is C15H16O2. The van der Waals surface area contributed by atoms with Crippen LogP contribution in [0.5, 0.6) is 0 Å². The standard InChI is InChI=1S/C15H16O2/c1-9-7-11(3)13(8-10(9)2)15(16)14-6-5-12(4)17-14/h5-8H,1-4H3. The molecule has 1 aromatic heterocycles. The summed E-state index contributed by atoms with van der Waals surface area (Å²) in [5.74, 6) is 1.13. The van der Waals surface area contributed by atoms with Crippen molar-refractivity contribution in [2.75, 3.05) is 0 Å². The first-order valence-electron chi connectivity index (χ1n) is 5.68. The number of hydrogen-bond donors (Lipinski definition) is 0. The molecule has 0 unspecified atom stereocenters. The molecule has 0 aliphatic heterocycles. The third kappa shape index (κ3) is 2.16. The predicted molar refractivity (Wildman–Crippen MR) is 67.5 cm³/mol. The molecule has 1 aromatic carbocycles. The van der Waals surface area contributed by atoms with Crippen molar-refractivity contribution >= 4 is 5.78 Å². The number of carbonyl (C=O) groups is 1. The summed E-state index contributed by atoms with van der Waals surface area (Å²) in [5.41, 5.74) is 4.05. The summed E-state index contributed by atoms with van der Waals surface area (Å²) >= 11 is 0. The Kier molecular flexibility index (Phi) is 2.88. The van der Waals surface area contributed by atoms with Crippen LogP contribution in [0.1, 0.15) is 38.6 Å². The Labute approximate surface area is 101 Å². The molecule has 88 valence electrons. The van der Waals surface area contributed by atoms with Crippen molar-refractivity contribution < 1.29 is 9.21 Å². The average molecular weight is 228 g/mol. The second-order valence-electron chi connectivity index (χ2n) is 4.49. The second kappa shape index (κ2) is 4.21. The summed E-state index contributed by atoms with van der Waals surface area (Å²) in [6.45, 7) is 7.85. The van der Waals surface area contributed by atoms with Gasteiger partial charge in [0.1, 0.15) is 5.76 Å². The van der Waals surface area contributed by atoms with Gasteiger partial charge in [-0.05, 0) is 62.6 Å². The van der Waals surface area contributed by atoms with E-state index in [0.717, 1.165) is 22.5 Å². The van der Waals surface area contributed by atoms with Gasteiger partial charge >= 0.3 is 0 Å². The number of furan rings is 1. The van der Waals surface area contributed by atoms with E-state index in [9.17, 15) is 4.79 Å². The molecule has 0 radical (unpaired) electrons. The zero-order valence-corrected chi connectivity index (χ0v) is 10.6. The molecule has 0 saturated carbocycles. The SMILES string of the molecule is Cc1ccc(C(=O)c2cc(C)c(C)cc2C)o1. The van der Waals surface area contributed by atoms with Crippen LogP contribution >= 0.6 is 0 Å². The van der Waals surface area contributed by atoms with Crippen molar-refractivity contribution in [2.45, 2.75) is 27.7 Å². The fraction of sp³-hybridized carbons (Fsp3) is 0.267. The maximum absolute atomic E-state index is 12.3. The van der Waals surface area contributed by atoms with Crippen LogP contribution in [0.2, 0.25) is 0 Å². The largest absolute Gasteiger partial charge is 0.458 e. The molecular weight excluding hydrogens is 212 g/mol.